The van der Waals surface area contributed by atoms with Crippen LogP contribution in [-0.2, 0) is 4.79 Å². The van der Waals surface area contributed by atoms with E-state index in [4.69, 9.17) is 0 Å². The molecule has 144 valence electrons. The third kappa shape index (κ3) is 5.19. The zero-order valence-electron chi connectivity index (χ0n) is 16.1. The van der Waals surface area contributed by atoms with Crippen LogP contribution in [0, 0.1) is 5.92 Å². The molecule has 0 aliphatic heterocycles. The van der Waals surface area contributed by atoms with E-state index in [2.05, 4.69) is 10.6 Å². The fraction of sp³-hybridized carbons (Fsp3) is 0.455. The van der Waals surface area contributed by atoms with Gasteiger partial charge in [-0.2, -0.15) is 0 Å². The van der Waals surface area contributed by atoms with E-state index in [9.17, 15) is 9.59 Å². The van der Waals surface area contributed by atoms with Crippen LogP contribution in [0.2, 0.25) is 0 Å². The van der Waals surface area contributed by atoms with Gasteiger partial charge in [0.15, 0.2) is 0 Å². The molecule has 2 N–H and O–H groups in total. The summed E-state index contributed by atoms with van der Waals surface area (Å²) in [6, 6.07) is 10.1. The molecular formula is C22H28N2O2S. The van der Waals surface area contributed by atoms with Gasteiger partial charge in [0.25, 0.3) is 5.91 Å². The van der Waals surface area contributed by atoms with E-state index >= 15 is 0 Å². The van der Waals surface area contributed by atoms with Gasteiger partial charge in [0.1, 0.15) is 5.00 Å². The maximum absolute atomic E-state index is 13.1. The van der Waals surface area contributed by atoms with Crippen molar-refractivity contribution in [1.82, 2.24) is 5.32 Å². The minimum Gasteiger partial charge on any atom is -0.349 e. The summed E-state index contributed by atoms with van der Waals surface area (Å²) >= 11 is 1.42. The number of rotatable bonds is 6. The van der Waals surface area contributed by atoms with Gasteiger partial charge in [-0.15, -0.1) is 11.3 Å². The van der Waals surface area contributed by atoms with Gasteiger partial charge in [-0.1, -0.05) is 63.4 Å². The monoisotopic (exact) mass is 384 g/mol. The normalized spacial score (nSPS) is 14.9. The largest absolute Gasteiger partial charge is 0.349 e. The summed E-state index contributed by atoms with van der Waals surface area (Å²) in [4.78, 5) is 25.4. The summed E-state index contributed by atoms with van der Waals surface area (Å²) in [6.07, 6.45) is 6.09. The van der Waals surface area contributed by atoms with E-state index in [1.807, 2.05) is 49.6 Å². The lowest BCUT2D eigenvalue weighted by Gasteiger charge is -2.23. The molecule has 1 aromatic heterocycles. The molecule has 1 aliphatic carbocycles. The maximum Gasteiger partial charge on any atom is 0.255 e. The van der Waals surface area contributed by atoms with Crippen molar-refractivity contribution in [3.8, 4) is 11.1 Å². The first-order valence-corrected chi connectivity index (χ1v) is 10.7. The van der Waals surface area contributed by atoms with Crippen molar-refractivity contribution in [2.45, 2.75) is 58.4 Å². The molecular weight excluding hydrogens is 356 g/mol. The molecule has 0 saturated heterocycles. The van der Waals surface area contributed by atoms with Crippen molar-refractivity contribution in [2.24, 2.45) is 5.92 Å². The quantitative estimate of drug-likeness (QED) is 0.694. The molecule has 1 aromatic carbocycles. The highest BCUT2D eigenvalue weighted by Gasteiger charge is 2.24. The van der Waals surface area contributed by atoms with Gasteiger partial charge in [0, 0.05) is 23.4 Å². The van der Waals surface area contributed by atoms with Crippen LogP contribution >= 0.6 is 11.3 Å². The Bertz CT molecular complexity index is 777. The number of anilines is 1. The first-order valence-electron chi connectivity index (χ1n) is 9.82. The van der Waals surface area contributed by atoms with Crippen molar-refractivity contribution >= 4 is 28.2 Å². The van der Waals surface area contributed by atoms with Gasteiger partial charge >= 0.3 is 0 Å². The Morgan fingerprint density at radius 2 is 1.81 bits per heavy atom. The Morgan fingerprint density at radius 3 is 2.48 bits per heavy atom. The van der Waals surface area contributed by atoms with Crippen LogP contribution < -0.4 is 10.6 Å². The van der Waals surface area contributed by atoms with Crippen LogP contribution in [0.15, 0.2) is 35.7 Å². The highest BCUT2D eigenvalue weighted by molar-refractivity contribution is 7.15. The van der Waals surface area contributed by atoms with Crippen molar-refractivity contribution in [3.63, 3.8) is 0 Å². The van der Waals surface area contributed by atoms with E-state index in [1.165, 1.54) is 17.8 Å². The van der Waals surface area contributed by atoms with E-state index in [-0.39, 0.29) is 23.8 Å². The Kier molecular flexibility index (Phi) is 6.67. The predicted octanol–water partition coefficient (Wildman–Crippen LogP) is 5.46. The average molecular weight is 385 g/mol. The fourth-order valence-corrected chi connectivity index (χ4v) is 4.54. The van der Waals surface area contributed by atoms with Gasteiger partial charge in [0.2, 0.25) is 5.91 Å². The second-order valence-electron chi connectivity index (χ2n) is 7.67. The molecule has 2 amide bonds. The van der Waals surface area contributed by atoms with Crippen molar-refractivity contribution in [1.29, 1.82) is 0 Å². The molecule has 0 spiro atoms. The smallest absolute Gasteiger partial charge is 0.255 e. The van der Waals surface area contributed by atoms with E-state index in [0.717, 1.165) is 36.8 Å². The van der Waals surface area contributed by atoms with Crippen molar-refractivity contribution in [2.75, 3.05) is 5.32 Å². The SMILES string of the molecule is CC(C)CC(=O)Nc1scc(-c2ccccc2)c1C(=O)NC1CCCCC1. The topological polar surface area (TPSA) is 58.2 Å². The second-order valence-corrected chi connectivity index (χ2v) is 8.55. The molecule has 1 fully saturated rings. The number of nitrogens with one attached hydrogen (secondary N) is 2. The average Bonchev–Trinajstić information content (AvgIpc) is 3.06. The molecule has 27 heavy (non-hydrogen) atoms. The van der Waals surface area contributed by atoms with E-state index in [0.29, 0.717) is 17.0 Å². The number of hydrogen-bond donors (Lipinski definition) is 2. The third-order valence-electron chi connectivity index (χ3n) is 4.89. The van der Waals surface area contributed by atoms with Crippen LogP contribution in [-0.4, -0.2) is 17.9 Å². The van der Waals surface area contributed by atoms with Gasteiger partial charge < -0.3 is 10.6 Å². The third-order valence-corrected chi connectivity index (χ3v) is 5.79. The summed E-state index contributed by atoms with van der Waals surface area (Å²) in [7, 11) is 0. The second kappa shape index (κ2) is 9.18. The number of thiophene rings is 1. The van der Waals surface area contributed by atoms with Crippen LogP contribution in [0.4, 0.5) is 5.00 Å². The van der Waals surface area contributed by atoms with Gasteiger partial charge in [0.05, 0.1) is 5.56 Å². The molecule has 0 bridgehead atoms. The summed E-state index contributed by atoms with van der Waals surface area (Å²) in [5.41, 5.74) is 2.47. The number of carbonyl (C=O) groups is 2. The van der Waals surface area contributed by atoms with Gasteiger partial charge in [-0.05, 0) is 24.3 Å². The number of hydrogen-bond acceptors (Lipinski definition) is 3. The summed E-state index contributed by atoms with van der Waals surface area (Å²) < 4.78 is 0. The zero-order chi connectivity index (χ0) is 19.2. The van der Waals surface area contributed by atoms with Crippen molar-refractivity contribution in [3.05, 3.63) is 41.3 Å². The summed E-state index contributed by atoms with van der Waals surface area (Å²) in [5.74, 6) is 0.151. The van der Waals surface area contributed by atoms with Crippen LogP contribution in [0.1, 0.15) is 62.7 Å². The first kappa shape index (κ1) is 19.6. The minimum absolute atomic E-state index is 0.0434. The Labute approximate surface area is 165 Å². The lowest BCUT2D eigenvalue weighted by atomic mass is 9.95. The minimum atomic E-state index is -0.0816. The molecule has 1 heterocycles. The molecule has 5 heteroatoms. The maximum atomic E-state index is 13.1. The van der Waals surface area contributed by atoms with Gasteiger partial charge in [-0.3, -0.25) is 9.59 Å². The number of benzene rings is 1. The van der Waals surface area contributed by atoms with Crippen molar-refractivity contribution < 1.29 is 9.59 Å². The Morgan fingerprint density at radius 1 is 1.11 bits per heavy atom. The molecule has 2 aromatic rings. The zero-order valence-corrected chi connectivity index (χ0v) is 16.9. The van der Waals surface area contributed by atoms with E-state index < -0.39 is 0 Å². The number of amides is 2. The highest BCUT2D eigenvalue weighted by atomic mass is 32.1. The molecule has 1 saturated carbocycles. The molecule has 0 atom stereocenters. The fourth-order valence-electron chi connectivity index (χ4n) is 3.56. The van der Waals surface area contributed by atoms with E-state index in [1.54, 1.807) is 0 Å². The molecule has 0 radical (unpaired) electrons. The van der Waals surface area contributed by atoms with Crippen LogP contribution in [0.3, 0.4) is 0 Å². The lowest BCUT2D eigenvalue weighted by molar-refractivity contribution is -0.116. The first-order chi connectivity index (χ1) is 13.0. The van der Waals surface area contributed by atoms with Crippen LogP contribution in [0.25, 0.3) is 11.1 Å². The summed E-state index contributed by atoms with van der Waals surface area (Å²) in [5, 5.41) is 8.79. The number of carbonyl (C=O) groups excluding carboxylic acids is 2. The molecule has 4 nitrogen and oxygen atoms in total. The standard InChI is InChI=1S/C22H28N2O2S/c1-15(2)13-19(25)24-22-20(21(26)23-17-11-7-4-8-12-17)18(14-27-22)16-9-5-3-6-10-16/h3,5-6,9-10,14-15,17H,4,7-8,11-13H2,1-2H3,(H,23,26)(H,24,25). The Balaban J connectivity index is 1.88. The lowest BCUT2D eigenvalue weighted by Crippen LogP contribution is -2.36. The molecule has 0 unspecified atom stereocenters. The van der Waals surface area contributed by atoms with Gasteiger partial charge in [-0.25, -0.2) is 0 Å². The van der Waals surface area contributed by atoms with Crippen LogP contribution in [0.5, 0.6) is 0 Å². The molecule has 3 rings (SSSR count). The predicted molar refractivity (Wildman–Crippen MR) is 112 cm³/mol. The Hall–Kier alpha value is -2.14. The summed E-state index contributed by atoms with van der Waals surface area (Å²) in [6.45, 7) is 4.03. The molecule has 1 aliphatic rings. The highest BCUT2D eigenvalue weighted by Crippen LogP contribution is 2.36.